The molecule has 11 heteroatoms. The van der Waals surface area contributed by atoms with Crippen LogP contribution in [0.5, 0.6) is 28.7 Å². The summed E-state index contributed by atoms with van der Waals surface area (Å²) in [6.45, 7) is 2.05. The summed E-state index contributed by atoms with van der Waals surface area (Å²) in [4.78, 5) is 10.8. The van der Waals surface area contributed by atoms with Gasteiger partial charge in [-0.05, 0) is 52.9 Å². The molecule has 2 aliphatic heterocycles. The molecule has 41 heavy (non-hydrogen) atoms. The minimum atomic E-state index is -0.851. The number of aliphatic carboxylic acids is 1. The van der Waals surface area contributed by atoms with Crippen LogP contribution in [0.4, 0.5) is 0 Å². The van der Waals surface area contributed by atoms with Gasteiger partial charge in [0.05, 0.1) is 37.7 Å². The van der Waals surface area contributed by atoms with Crippen LogP contribution in [0.1, 0.15) is 17.5 Å². The number of carboxylic acid groups (broad SMARTS) is 1. The van der Waals surface area contributed by atoms with Crippen LogP contribution in [-0.2, 0) is 24.2 Å². The van der Waals surface area contributed by atoms with Crippen LogP contribution in [0.15, 0.2) is 60.8 Å². The van der Waals surface area contributed by atoms with Crippen molar-refractivity contribution in [2.45, 2.75) is 25.8 Å². The number of pyridine rings is 1. The van der Waals surface area contributed by atoms with Crippen LogP contribution >= 0.6 is 0 Å². The molecule has 1 aromatic heterocycles. The summed E-state index contributed by atoms with van der Waals surface area (Å²) in [7, 11) is 1.65. The maximum absolute atomic E-state index is 10.8. The Hall–Kier alpha value is -2.24. The number of hydrogen-bond acceptors (Lipinski definition) is 6. The van der Waals surface area contributed by atoms with Crippen molar-refractivity contribution in [3.63, 3.8) is 0 Å². The van der Waals surface area contributed by atoms with E-state index in [1.165, 1.54) is 5.56 Å². The third kappa shape index (κ3) is 7.22. The monoisotopic (exact) mass is 623 g/mol. The number of hydrogen-bond donors (Lipinski definition) is 1. The van der Waals surface area contributed by atoms with Gasteiger partial charge in [0.25, 0.3) is 0 Å². The van der Waals surface area contributed by atoms with Crippen molar-refractivity contribution in [2.24, 2.45) is 0 Å². The van der Waals surface area contributed by atoms with Crippen LogP contribution in [-0.4, -0.2) is 38.2 Å². The Balaban J connectivity index is 0.00000154. The molecular weight excluding hydrogens is 596 g/mol. The fourth-order valence-corrected chi connectivity index (χ4v) is 5.01. The molecule has 0 saturated carbocycles. The van der Waals surface area contributed by atoms with E-state index in [9.17, 15) is 4.79 Å². The summed E-state index contributed by atoms with van der Waals surface area (Å²) in [6.07, 6.45) is 3.73. The molecule has 0 bridgehead atoms. The van der Waals surface area contributed by atoms with Crippen LogP contribution in [0.2, 0.25) is 0 Å². The maximum atomic E-state index is 10.8. The van der Waals surface area contributed by atoms with E-state index in [1.54, 1.807) is 31.4 Å². The second-order valence-corrected chi connectivity index (χ2v) is 9.33. The summed E-state index contributed by atoms with van der Waals surface area (Å²) < 4.78 is 31.1. The quantitative estimate of drug-likeness (QED) is 0.114. The molecule has 2 aliphatic rings. The first-order valence-electron chi connectivity index (χ1n) is 12.6. The minimum absolute atomic E-state index is 0. The van der Waals surface area contributed by atoms with Gasteiger partial charge in [-0.1, -0.05) is 12.1 Å². The van der Waals surface area contributed by atoms with E-state index >= 15 is 0 Å². The maximum Gasteiger partial charge on any atom is 1.00 e. The number of fused-ring (bicyclic) bond motifs is 5. The van der Waals surface area contributed by atoms with Crippen molar-refractivity contribution in [1.29, 1.82) is 0 Å². The number of nitrogens with zero attached hydrogens (tertiary/aromatic N) is 1. The molecule has 0 saturated heterocycles. The first-order chi connectivity index (χ1) is 18.6. The minimum Gasteiger partial charge on any atom is -1.00 e. The van der Waals surface area contributed by atoms with E-state index in [-0.39, 0.29) is 89.4 Å². The summed E-state index contributed by atoms with van der Waals surface area (Å²) in [5.74, 6) is 2.86. The van der Waals surface area contributed by atoms with Crippen molar-refractivity contribution in [2.75, 3.05) is 27.1 Å². The molecule has 0 radical (unpaired) electrons. The van der Waals surface area contributed by atoms with Crippen LogP contribution in [0.3, 0.4) is 0 Å². The molecule has 210 valence electrons. The molecule has 0 atom stereocenters. The fraction of sp³-hybridized carbons (Fsp3) is 0.267. The van der Waals surface area contributed by atoms with Gasteiger partial charge < -0.3 is 53.6 Å². The Morgan fingerprint density at radius 1 is 0.976 bits per heavy atom. The third-order valence-corrected chi connectivity index (χ3v) is 6.88. The zero-order valence-electron chi connectivity index (χ0n) is 22.8. The molecule has 0 spiro atoms. The van der Waals surface area contributed by atoms with Gasteiger partial charge in [0.15, 0.2) is 35.7 Å². The number of carbonyl (C=O) groups is 1. The van der Waals surface area contributed by atoms with Gasteiger partial charge in [0.1, 0.15) is 5.75 Å². The summed E-state index contributed by atoms with van der Waals surface area (Å²) in [6, 6.07) is 17.5. The zero-order chi connectivity index (χ0) is 26.1. The Morgan fingerprint density at radius 2 is 1.71 bits per heavy atom. The Bertz CT molecular complexity index is 1530. The Kier molecular flexibility index (Phi) is 12.0. The average molecular weight is 625 g/mol. The van der Waals surface area contributed by atoms with E-state index in [0.29, 0.717) is 31.1 Å². The molecule has 0 unspecified atom stereocenters. The van der Waals surface area contributed by atoms with E-state index in [2.05, 4.69) is 35.0 Å². The third-order valence-electron chi connectivity index (χ3n) is 6.88. The topological polar surface area (TPSA) is 87.3 Å². The SMILES string of the molecule is COc1ccc2cc3[n+](cc2c1OCCCOc1ccc(CC(=O)O)cc1)CCc1cc2c(cc1-3)OCO2.[Cl-].[Cl-].[K+]. The molecule has 0 aliphatic carbocycles. The largest absolute Gasteiger partial charge is 1.00 e. The van der Waals surface area contributed by atoms with E-state index in [0.717, 1.165) is 57.8 Å². The van der Waals surface area contributed by atoms with Gasteiger partial charge in [0.2, 0.25) is 12.5 Å². The normalized spacial score (nSPS) is 12.1. The van der Waals surface area contributed by atoms with Crippen LogP contribution in [0.25, 0.3) is 22.0 Å². The van der Waals surface area contributed by atoms with E-state index < -0.39 is 5.97 Å². The first kappa shape index (κ1) is 33.3. The predicted molar refractivity (Wildman–Crippen MR) is 139 cm³/mol. The smallest absolute Gasteiger partial charge is 1.00 e. The first-order valence-corrected chi connectivity index (χ1v) is 12.6. The molecule has 3 heterocycles. The van der Waals surface area contributed by atoms with Crippen molar-refractivity contribution in [1.82, 2.24) is 0 Å². The molecule has 8 nitrogen and oxygen atoms in total. The zero-order valence-corrected chi connectivity index (χ0v) is 27.5. The van der Waals surface area contributed by atoms with Crippen LogP contribution < -0.4 is 104 Å². The van der Waals surface area contributed by atoms with E-state index in [4.69, 9.17) is 28.8 Å². The van der Waals surface area contributed by atoms with Gasteiger partial charge >= 0.3 is 57.4 Å². The fourth-order valence-electron chi connectivity index (χ4n) is 5.01. The van der Waals surface area contributed by atoms with Crippen molar-refractivity contribution in [3.8, 4) is 40.0 Å². The molecule has 1 N–H and O–H groups in total. The number of methoxy groups -OCH3 is 1. The number of benzene rings is 3. The average Bonchev–Trinajstić information content (AvgIpc) is 3.39. The number of ether oxygens (including phenoxy) is 5. The number of halogens is 2. The standard InChI is InChI=1S/C30H27NO7.2ClH.K/c1-34-26-8-5-20-14-25-23-16-28-27(37-18-38-28)15-21(23)9-10-31(25)17-24(20)30(26)36-12-2-11-35-22-6-3-19(4-7-22)13-29(32)33;;;/h3-8,14-17H,2,9-13,18H2,1H3;2*1H;/q;;;+1/p-1. The molecule has 4 aromatic rings. The Labute approximate surface area is 293 Å². The number of rotatable bonds is 9. The number of aromatic nitrogens is 1. The number of aryl methyl sites for hydroxylation is 2. The summed E-state index contributed by atoms with van der Waals surface area (Å²) in [5, 5.41) is 11.0. The van der Waals surface area contributed by atoms with Gasteiger partial charge in [-0.25, -0.2) is 0 Å². The van der Waals surface area contributed by atoms with Gasteiger partial charge in [0, 0.05) is 18.9 Å². The molecular formula is C30H28Cl2KNO7. The molecule has 0 amide bonds. The van der Waals surface area contributed by atoms with Crippen molar-refractivity contribution in [3.05, 3.63) is 71.9 Å². The second kappa shape index (κ2) is 14.8. The van der Waals surface area contributed by atoms with Gasteiger partial charge in [-0.15, -0.1) is 0 Å². The molecule has 6 rings (SSSR count). The van der Waals surface area contributed by atoms with Gasteiger partial charge in [-0.3, -0.25) is 4.79 Å². The summed E-state index contributed by atoms with van der Waals surface area (Å²) >= 11 is 0. The molecule has 3 aromatic carbocycles. The van der Waals surface area contributed by atoms with Crippen LogP contribution in [0, 0.1) is 0 Å². The second-order valence-electron chi connectivity index (χ2n) is 9.33. The Morgan fingerprint density at radius 3 is 2.44 bits per heavy atom. The predicted octanol–water partition coefficient (Wildman–Crippen LogP) is -4.43. The van der Waals surface area contributed by atoms with E-state index in [1.807, 2.05) is 6.07 Å². The number of carboxylic acids is 1. The summed E-state index contributed by atoms with van der Waals surface area (Å²) in [5.41, 5.74) is 4.30. The molecule has 0 fully saturated rings. The van der Waals surface area contributed by atoms with Gasteiger partial charge in [-0.2, -0.15) is 4.57 Å². The van der Waals surface area contributed by atoms with Crippen molar-refractivity contribution >= 4 is 16.7 Å². The van der Waals surface area contributed by atoms with Crippen molar-refractivity contribution < 1.29 is 114 Å².